The quantitative estimate of drug-likeness (QED) is 0.646. The summed E-state index contributed by atoms with van der Waals surface area (Å²) in [5.74, 6) is -0.101. The van der Waals surface area contributed by atoms with Crippen LogP contribution >= 0.6 is 0 Å². The summed E-state index contributed by atoms with van der Waals surface area (Å²) in [6.07, 6.45) is 1.60. The van der Waals surface area contributed by atoms with Gasteiger partial charge in [-0.25, -0.2) is 4.98 Å². The van der Waals surface area contributed by atoms with Crippen molar-refractivity contribution < 1.29 is 14.3 Å². The van der Waals surface area contributed by atoms with Crippen molar-refractivity contribution in [3.63, 3.8) is 0 Å². The molecule has 0 saturated carbocycles. The SMILES string of the molecule is COc1cc(CNC(=O)CNC(=O)[C@@H](N)C(C)C)ccn1. The van der Waals surface area contributed by atoms with Crippen molar-refractivity contribution >= 4 is 11.8 Å². The summed E-state index contributed by atoms with van der Waals surface area (Å²) >= 11 is 0. The van der Waals surface area contributed by atoms with E-state index in [9.17, 15) is 9.59 Å². The molecule has 1 heterocycles. The summed E-state index contributed by atoms with van der Waals surface area (Å²) < 4.78 is 4.99. The average Bonchev–Trinajstić information content (AvgIpc) is 2.49. The zero-order valence-corrected chi connectivity index (χ0v) is 12.6. The molecule has 0 spiro atoms. The van der Waals surface area contributed by atoms with Gasteiger partial charge in [0.15, 0.2) is 0 Å². The topological polar surface area (TPSA) is 106 Å². The highest BCUT2D eigenvalue weighted by atomic mass is 16.5. The first-order valence-electron chi connectivity index (χ1n) is 6.73. The molecule has 0 saturated heterocycles. The van der Waals surface area contributed by atoms with Crippen LogP contribution in [0.15, 0.2) is 18.3 Å². The van der Waals surface area contributed by atoms with Crippen LogP contribution in [0.4, 0.5) is 0 Å². The van der Waals surface area contributed by atoms with Crippen LogP contribution in [0.5, 0.6) is 5.88 Å². The minimum Gasteiger partial charge on any atom is -0.481 e. The molecule has 4 N–H and O–H groups in total. The van der Waals surface area contributed by atoms with Crippen LogP contribution in [0, 0.1) is 5.92 Å². The Morgan fingerprint density at radius 2 is 2.10 bits per heavy atom. The number of methoxy groups -OCH3 is 1. The summed E-state index contributed by atoms with van der Waals surface area (Å²) in [6.45, 7) is 3.94. The molecule has 0 radical (unpaired) electrons. The number of pyridine rings is 1. The third-order valence-corrected chi connectivity index (χ3v) is 2.94. The van der Waals surface area contributed by atoms with E-state index in [1.807, 2.05) is 13.8 Å². The molecule has 7 heteroatoms. The number of rotatable bonds is 7. The van der Waals surface area contributed by atoms with E-state index in [0.29, 0.717) is 12.4 Å². The fourth-order valence-corrected chi connectivity index (χ4v) is 1.52. The first-order chi connectivity index (χ1) is 9.93. The van der Waals surface area contributed by atoms with Crippen LogP contribution in [-0.4, -0.2) is 36.5 Å². The maximum Gasteiger partial charge on any atom is 0.239 e. The third kappa shape index (κ3) is 5.78. The largest absolute Gasteiger partial charge is 0.481 e. The molecule has 1 aromatic rings. The Morgan fingerprint density at radius 1 is 1.38 bits per heavy atom. The Morgan fingerprint density at radius 3 is 2.71 bits per heavy atom. The van der Waals surface area contributed by atoms with Crippen molar-refractivity contribution in [2.24, 2.45) is 11.7 Å². The second-order valence-electron chi connectivity index (χ2n) is 4.97. The first-order valence-corrected chi connectivity index (χ1v) is 6.73. The van der Waals surface area contributed by atoms with E-state index in [0.717, 1.165) is 5.56 Å². The monoisotopic (exact) mass is 294 g/mol. The van der Waals surface area contributed by atoms with Crippen LogP contribution < -0.4 is 21.1 Å². The molecule has 0 aliphatic heterocycles. The predicted molar refractivity (Wildman–Crippen MR) is 78.5 cm³/mol. The molecule has 1 aromatic heterocycles. The van der Waals surface area contributed by atoms with E-state index in [2.05, 4.69) is 15.6 Å². The van der Waals surface area contributed by atoms with Gasteiger partial charge in [0.1, 0.15) is 0 Å². The molecule has 0 aliphatic carbocycles. The molecule has 0 aliphatic rings. The molecule has 0 unspecified atom stereocenters. The Balaban J connectivity index is 2.35. The standard InChI is InChI=1S/C14H22N4O3/c1-9(2)13(15)14(20)18-8-11(19)17-7-10-4-5-16-12(6-10)21-3/h4-6,9,13H,7-8,15H2,1-3H3,(H,17,19)(H,18,20)/t13-/m0/s1. The van der Waals surface area contributed by atoms with E-state index in [-0.39, 0.29) is 24.3 Å². The van der Waals surface area contributed by atoms with Gasteiger partial charge >= 0.3 is 0 Å². The molecule has 1 atom stereocenters. The zero-order chi connectivity index (χ0) is 15.8. The van der Waals surface area contributed by atoms with Crippen LogP contribution in [0.1, 0.15) is 19.4 Å². The van der Waals surface area contributed by atoms with Crippen molar-refractivity contribution in [2.45, 2.75) is 26.4 Å². The lowest BCUT2D eigenvalue weighted by Crippen LogP contribution is -2.47. The highest BCUT2D eigenvalue weighted by Gasteiger charge is 2.17. The Hall–Kier alpha value is -2.15. The van der Waals surface area contributed by atoms with Crippen LogP contribution in [0.25, 0.3) is 0 Å². The molecule has 0 fully saturated rings. The number of hydrogen-bond acceptors (Lipinski definition) is 5. The van der Waals surface area contributed by atoms with Crippen molar-refractivity contribution in [1.82, 2.24) is 15.6 Å². The normalized spacial score (nSPS) is 11.9. The second kappa shape index (κ2) is 8.21. The van der Waals surface area contributed by atoms with E-state index < -0.39 is 6.04 Å². The van der Waals surface area contributed by atoms with Gasteiger partial charge in [-0.05, 0) is 17.5 Å². The third-order valence-electron chi connectivity index (χ3n) is 2.94. The summed E-state index contributed by atoms with van der Waals surface area (Å²) in [7, 11) is 1.53. The Bertz CT molecular complexity index is 491. The average molecular weight is 294 g/mol. The number of nitrogens with zero attached hydrogens (tertiary/aromatic N) is 1. The number of hydrogen-bond donors (Lipinski definition) is 3. The van der Waals surface area contributed by atoms with Gasteiger partial charge in [0.2, 0.25) is 17.7 Å². The van der Waals surface area contributed by atoms with Gasteiger partial charge in [-0.15, -0.1) is 0 Å². The van der Waals surface area contributed by atoms with Crippen molar-refractivity contribution in [3.8, 4) is 5.88 Å². The van der Waals surface area contributed by atoms with E-state index in [1.165, 1.54) is 7.11 Å². The lowest BCUT2D eigenvalue weighted by Gasteiger charge is -2.15. The van der Waals surface area contributed by atoms with Crippen LogP contribution in [0.3, 0.4) is 0 Å². The summed E-state index contributed by atoms with van der Waals surface area (Å²) in [5.41, 5.74) is 6.54. The smallest absolute Gasteiger partial charge is 0.239 e. The number of ether oxygens (including phenoxy) is 1. The van der Waals surface area contributed by atoms with Crippen molar-refractivity contribution in [3.05, 3.63) is 23.9 Å². The zero-order valence-electron chi connectivity index (χ0n) is 12.6. The van der Waals surface area contributed by atoms with Gasteiger partial charge in [-0.1, -0.05) is 13.8 Å². The molecule has 0 aromatic carbocycles. The predicted octanol–water partition coefficient (Wildman–Crippen LogP) is -0.194. The van der Waals surface area contributed by atoms with E-state index >= 15 is 0 Å². The van der Waals surface area contributed by atoms with Crippen LogP contribution in [-0.2, 0) is 16.1 Å². The van der Waals surface area contributed by atoms with Gasteiger partial charge in [0.25, 0.3) is 0 Å². The van der Waals surface area contributed by atoms with Gasteiger partial charge in [-0.3, -0.25) is 9.59 Å². The van der Waals surface area contributed by atoms with E-state index in [1.54, 1.807) is 18.3 Å². The number of carbonyl (C=O) groups is 2. The highest BCUT2D eigenvalue weighted by molar-refractivity contribution is 5.87. The number of carbonyl (C=O) groups excluding carboxylic acids is 2. The number of nitrogens with one attached hydrogen (secondary N) is 2. The van der Waals surface area contributed by atoms with Gasteiger partial charge in [-0.2, -0.15) is 0 Å². The van der Waals surface area contributed by atoms with Crippen molar-refractivity contribution in [1.29, 1.82) is 0 Å². The summed E-state index contributed by atoms with van der Waals surface area (Å²) in [5, 5.41) is 5.21. The number of aromatic nitrogens is 1. The second-order valence-corrected chi connectivity index (χ2v) is 4.97. The number of nitrogens with two attached hydrogens (primary N) is 1. The molecule has 1 rings (SSSR count). The molecule has 2 amide bonds. The maximum atomic E-state index is 11.7. The summed E-state index contributed by atoms with van der Waals surface area (Å²) in [4.78, 5) is 27.2. The van der Waals surface area contributed by atoms with Gasteiger partial charge in [0.05, 0.1) is 19.7 Å². The lowest BCUT2D eigenvalue weighted by molar-refractivity contribution is -0.127. The fourth-order valence-electron chi connectivity index (χ4n) is 1.52. The lowest BCUT2D eigenvalue weighted by atomic mass is 10.1. The van der Waals surface area contributed by atoms with E-state index in [4.69, 9.17) is 10.5 Å². The molecule has 7 nitrogen and oxygen atoms in total. The fraction of sp³-hybridized carbons (Fsp3) is 0.500. The van der Waals surface area contributed by atoms with Crippen molar-refractivity contribution in [2.75, 3.05) is 13.7 Å². The molecular formula is C14H22N4O3. The Labute approximate surface area is 124 Å². The summed E-state index contributed by atoms with van der Waals surface area (Å²) in [6, 6.07) is 2.89. The number of amides is 2. The van der Waals surface area contributed by atoms with Crippen LogP contribution in [0.2, 0.25) is 0 Å². The maximum absolute atomic E-state index is 11.7. The highest BCUT2D eigenvalue weighted by Crippen LogP contribution is 2.07. The minimum atomic E-state index is -0.609. The minimum absolute atomic E-state index is 0.0253. The first kappa shape index (κ1) is 16.9. The van der Waals surface area contributed by atoms with Gasteiger partial charge < -0.3 is 21.1 Å². The molecule has 21 heavy (non-hydrogen) atoms. The molecular weight excluding hydrogens is 272 g/mol. The molecule has 116 valence electrons. The molecule has 0 bridgehead atoms. The van der Waals surface area contributed by atoms with Gasteiger partial charge in [0, 0.05) is 18.8 Å². The Kier molecular flexibility index (Phi) is 6.61.